The lowest BCUT2D eigenvalue weighted by atomic mass is 10.0. The molecule has 160 valence electrons. The first-order valence-corrected chi connectivity index (χ1v) is 12.5. The number of benzene rings is 1. The van der Waals surface area contributed by atoms with Crippen LogP contribution in [0.2, 0.25) is 0 Å². The number of thioether (sulfide) groups is 1. The zero-order valence-corrected chi connectivity index (χ0v) is 18.8. The van der Waals surface area contributed by atoms with Crippen LogP contribution in [0, 0.1) is 6.92 Å². The Bertz CT molecular complexity index is 1080. The first-order chi connectivity index (χ1) is 14.2. The Morgan fingerprint density at radius 1 is 1.30 bits per heavy atom. The number of aryl methyl sites for hydroxylation is 1. The van der Waals surface area contributed by atoms with Crippen LogP contribution >= 0.6 is 11.8 Å². The van der Waals surface area contributed by atoms with Gasteiger partial charge in [-0.25, -0.2) is 8.42 Å². The molecule has 2 aliphatic rings. The lowest BCUT2D eigenvalue weighted by Gasteiger charge is -2.24. The van der Waals surface area contributed by atoms with Gasteiger partial charge in [-0.05, 0) is 30.5 Å². The van der Waals surface area contributed by atoms with Crippen LogP contribution in [-0.4, -0.2) is 59.0 Å². The molecule has 4 rings (SSSR count). The Balaban J connectivity index is 1.57. The average Bonchev–Trinajstić information content (AvgIpc) is 3.32. The van der Waals surface area contributed by atoms with Gasteiger partial charge in [0, 0.05) is 22.7 Å². The van der Waals surface area contributed by atoms with Crippen LogP contribution in [0.4, 0.5) is 11.5 Å². The highest BCUT2D eigenvalue weighted by atomic mass is 32.2. The Labute approximate surface area is 180 Å². The highest BCUT2D eigenvalue weighted by Crippen LogP contribution is 2.37. The molecule has 3 heterocycles. The monoisotopic (exact) mass is 447 g/mol. The number of aromatic amines is 1. The lowest BCUT2D eigenvalue weighted by molar-refractivity contribution is -0.114. The molecule has 1 amide bonds. The van der Waals surface area contributed by atoms with E-state index in [1.165, 1.54) is 17.3 Å². The Morgan fingerprint density at radius 3 is 2.63 bits per heavy atom. The van der Waals surface area contributed by atoms with Crippen molar-refractivity contribution in [3.8, 4) is 0 Å². The number of anilines is 2. The van der Waals surface area contributed by atoms with Crippen molar-refractivity contribution in [2.45, 2.75) is 38.0 Å². The van der Waals surface area contributed by atoms with Crippen molar-refractivity contribution < 1.29 is 13.2 Å². The zero-order valence-electron chi connectivity index (χ0n) is 17.1. The van der Waals surface area contributed by atoms with Crippen LogP contribution in [-0.2, 0) is 14.6 Å². The molecular weight excluding hydrogens is 422 g/mol. The summed E-state index contributed by atoms with van der Waals surface area (Å²) in [6.07, 6.45) is 0. The first-order valence-electron chi connectivity index (χ1n) is 9.84. The van der Waals surface area contributed by atoms with E-state index < -0.39 is 9.84 Å². The summed E-state index contributed by atoms with van der Waals surface area (Å²) in [6.45, 7) is 6.18. The largest absolute Gasteiger partial charge is 0.312 e. The number of nitrogens with zero attached hydrogens (tertiary/aromatic N) is 3. The van der Waals surface area contributed by atoms with Gasteiger partial charge in [0.2, 0.25) is 5.91 Å². The number of hydrogen-bond donors (Lipinski definition) is 2. The minimum absolute atomic E-state index is 0.0605. The summed E-state index contributed by atoms with van der Waals surface area (Å²) >= 11 is 1.44. The fourth-order valence-corrected chi connectivity index (χ4v) is 7.37. The number of aromatic nitrogens is 2. The molecule has 2 aromatic rings. The summed E-state index contributed by atoms with van der Waals surface area (Å²) in [5.74, 6) is 0.863. The van der Waals surface area contributed by atoms with Crippen molar-refractivity contribution in [1.29, 1.82) is 0 Å². The number of sulfone groups is 1. The van der Waals surface area contributed by atoms with Crippen LogP contribution in [0.3, 0.4) is 0 Å². The van der Waals surface area contributed by atoms with Gasteiger partial charge in [0.25, 0.3) is 0 Å². The zero-order chi connectivity index (χ0) is 21.5. The van der Waals surface area contributed by atoms with Gasteiger partial charge in [-0.1, -0.05) is 37.7 Å². The molecule has 10 heteroatoms. The number of amidine groups is 1. The summed E-state index contributed by atoms with van der Waals surface area (Å²) in [6, 6.07) is 9.58. The van der Waals surface area contributed by atoms with E-state index in [4.69, 9.17) is 0 Å². The molecular formula is C20H25N5O3S2. The van der Waals surface area contributed by atoms with E-state index in [-0.39, 0.29) is 35.2 Å². The first kappa shape index (κ1) is 20.9. The third-order valence-corrected chi connectivity index (χ3v) is 8.43. The van der Waals surface area contributed by atoms with Crippen molar-refractivity contribution in [2.75, 3.05) is 28.3 Å². The third-order valence-electron chi connectivity index (χ3n) is 5.18. The summed E-state index contributed by atoms with van der Waals surface area (Å²) < 4.78 is 23.8. The maximum atomic E-state index is 12.7. The molecule has 2 N–H and O–H groups in total. The molecule has 0 saturated carbocycles. The van der Waals surface area contributed by atoms with E-state index in [2.05, 4.69) is 34.4 Å². The number of carbonyl (C=O) groups excluding carboxylic acids is 1. The van der Waals surface area contributed by atoms with E-state index >= 15 is 0 Å². The second-order valence-corrected chi connectivity index (χ2v) is 11.4. The highest BCUT2D eigenvalue weighted by Gasteiger charge is 2.44. The molecule has 1 aromatic carbocycles. The van der Waals surface area contributed by atoms with E-state index in [0.29, 0.717) is 16.9 Å². The molecule has 8 nitrogen and oxygen atoms in total. The van der Waals surface area contributed by atoms with Gasteiger partial charge in [0.05, 0.1) is 17.5 Å². The molecule has 1 fully saturated rings. The van der Waals surface area contributed by atoms with Gasteiger partial charge >= 0.3 is 0 Å². The molecule has 1 saturated heterocycles. The standard InChI is InChI=1S/C20H25N5O3S2/c1-12(2)14-4-6-15(7-5-14)25(9-19(26)22-18-8-13(3)23-24-18)20-21-16-10-30(27,28)11-17(16)29-20/h4-8,12,16-17H,9-11H2,1-3H3,(H2,22,23,24,26)/t16-,17+/m1/s1. The fourth-order valence-electron chi connectivity index (χ4n) is 3.59. The van der Waals surface area contributed by atoms with E-state index in [1.807, 2.05) is 36.1 Å². The van der Waals surface area contributed by atoms with Crippen LogP contribution < -0.4 is 10.2 Å². The maximum Gasteiger partial charge on any atom is 0.245 e. The van der Waals surface area contributed by atoms with Crippen molar-refractivity contribution in [2.24, 2.45) is 4.99 Å². The highest BCUT2D eigenvalue weighted by molar-refractivity contribution is 8.15. The fraction of sp³-hybridized carbons (Fsp3) is 0.450. The number of amides is 1. The number of rotatable bonds is 5. The van der Waals surface area contributed by atoms with Crippen LogP contribution in [0.1, 0.15) is 31.0 Å². The van der Waals surface area contributed by atoms with Crippen LogP contribution in [0.25, 0.3) is 0 Å². The van der Waals surface area contributed by atoms with Gasteiger partial charge in [0.15, 0.2) is 20.8 Å². The number of nitrogens with one attached hydrogen (secondary N) is 2. The molecule has 0 unspecified atom stereocenters. The molecule has 1 aromatic heterocycles. The van der Waals surface area contributed by atoms with E-state index in [9.17, 15) is 13.2 Å². The van der Waals surface area contributed by atoms with E-state index in [1.54, 1.807) is 6.07 Å². The summed E-state index contributed by atoms with van der Waals surface area (Å²) in [7, 11) is -3.03. The van der Waals surface area contributed by atoms with E-state index in [0.717, 1.165) is 11.4 Å². The molecule has 2 aliphatic heterocycles. The molecule has 2 atom stereocenters. The van der Waals surface area contributed by atoms with Crippen molar-refractivity contribution in [3.05, 3.63) is 41.6 Å². The number of carbonyl (C=O) groups is 1. The van der Waals surface area contributed by atoms with Crippen molar-refractivity contribution in [3.63, 3.8) is 0 Å². The van der Waals surface area contributed by atoms with Crippen LogP contribution in [0.5, 0.6) is 0 Å². The quantitative estimate of drug-likeness (QED) is 0.729. The normalized spacial score (nSPS) is 22.1. The Kier molecular flexibility index (Phi) is 5.63. The SMILES string of the molecule is Cc1cc(NC(=O)CN(C2=N[C@@H]3CS(=O)(=O)C[C@@H]3S2)c2ccc(C(C)C)cc2)n[nH]1. The topological polar surface area (TPSA) is 108 Å². The predicted octanol–water partition coefficient (Wildman–Crippen LogP) is 2.56. The van der Waals surface area contributed by atoms with Gasteiger partial charge in [-0.3, -0.25) is 14.9 Å². The average molecular weight is 448 g/mol. The minimum atomic E-state index is -3.03. The predicted molar refractivity (Wildman–Crippen MR) is 121 cm³/mol. The number of fused-ring (bicyclic) bond motifs is 1. The molecule has 0 radical (unpaired) electrons. The number of aliphatic imine (C=N–C) groups is 1. The number of H-pyrrole nitrogens is 1. The maximum absolute atomic E-state index is 12.7. The third kappa shape index (κ3) is 4.54. The molecule has 0 bridgehead atoms. The number of hydrogen-bond acceptors (Lipinski definition) is 7. The minimum Gasteiger partial charge on any atom is -0.312 e. The van der Waals surface area contributed by atoms with Gasteiger partial charge in [-0.15, -0.1) is 0 Å². The lowest BCUT2D eigenvalue weighted by Crippen LogP contribution is -2.36. The summed E-state index contributed by atoms with van der Waals surface area (Å²) in [5, 5.41) is 10.2. The smallest absolute Gasteiger partial charge is 0.245 e. The summed E-state index contributed by atoms with van der Waals surface area (Å²) in [4.78, 5) is 19.2. The Hall–Kier alpha value is -2.33. The van der Waals surface area contributed by atoms with Gasteiger partial charge in [0.1, 0.15) is 6.54 Å². The second kappa shape index (κ2) is 8.07. The summed E-state index contributed by atoms with van der Waals surface area (Å²) in [5.41, 5.74) is 2.91. The van der Waals surface area contributed by atoms with Gasteiger partial charge < -0.3 is 10.2 Å². The molecule has 0 aliphatic carbocycles. The van der Waals surface area contributed by atoms with Crippen LogP contribution in [0.15, 0.2) is 35.3 Å². The molecule has 0 spiro atoms. The van der Waals surface area contributed by atoms with Gasteiger partial charge in [-0.2, -0.15) is 5.10 Å². The second-order valence-electron chi connectivity index (χ2n) is 8.03. The van der Waals surface area contributed by atoms with Crippen molar-refractivity contribution >= 4 is 44.2 Å². The Morgan fingerprint density at radius 2 is 2.03 bits per heavy atom. The molecule has 30 heavy (non-hydrogen) atoms. The van der Waals surface area contributed by atoms with Crippen molar-refractivity contribution in [1.82, 2.24) is 10.2 Å².